The maximum absolute atomic E-state index is 6.18. The summed E-state index contributed by atoms with van der Waals surface area (Å²) in [6.45, 7) is 0.848. The van der Waals surface area contributed by atoms with Gasteiger partial charge in [0.25, 0.3) is 0 Å². The normalized spacial score (nSPS) is 18.3. The fourth-order valence-corrected chi connectivity index (χ4v) is 3.05. The Labute approximate surface area is 120 Å². The Kier molecular flexibility index (Phi) is 5.81. The van der Waals surface area contributed by atoms with Crippen LogP contribution in [0.3, 0.4) is 0 Å². The van der Waals surface area contributed by atoms with Crippen molar-refractivity contribution in [2.45, 2.75) is 57.5 Å². The van der Waals surface area contributed by atoms with Crippen molar-refractivity contribution < 1.29 is 0 Å². The minimum absolute atomic E-state index is 0.650. The standard InChI is InChI=1S/C15H21Cl2N/c16-13-9-8-12(15(17)10-13)11-18-14-6-4-2-1-3-5-7-14/h8-10,14,18H,1-7,11H2. The summed E-state index contributed by atoms with van der Waals surface area (Å²) in [6, 6.07) is 6.39. The van der Waals surface area contributed by atoms with Crippen LogP contribution in [0.25, 0.3) is 0 Å². The maximum Gasteiger partial charge on any atom is 0.0465 e. The fourth-order valence-electron chi connectivity index (χ4n) is 2.58. The van der Waals surface area contributed by atoms with Gasteiger partial charge in [-0.3, -0.25) is 0 Å². The Morgan fingerprint density at radius 3 is 2.33 bits per heavy atom. The smallest absolute Gasteiger partial charge is 0.0465 e. The first-order valence-corrected chi connectivity index (χ1v) is 7.68. The number of nitrogens with one attached hydrogen (secondary N) is 1. The van der Waals surface area contributed by atoms with Crippen molar-refractivity contribution in [2.75, 3.05) is 0 Å². The van der Waals surface area contributed by atoms with Gasteiger partial charge in [-0.25, -0.2) is 0 Å². The monoisotopic (exact) mass is 285 g/mol. The largest absolute Gasteiger partial charge is 0.310 e. The summed E-state index contributed by atoms with van der Waals surface area (Å²) in [5.74, 6) is 0. The molecule has 1 aliphatic rings. The highest BCUT2D eigenvalue weighted by molar-refractivity contribution is 6.35. The van der Waals surface area contributed by atoms with Crippen molar-refractivity contribution in [3.05, 3.63) is 33.8 Å². The SMILES string of the molecule is Clc1ccc(CNC2CCCCCCC2)c(Cl)c1. The van der Waals surface area contributed by atoms with Crippen LogP contribution in [-0.4, -0.2) is 6.04 Å². The van der Waals surface area contributed by atoms with Crippen molar-refractivity contribution in [2.24, 2.45) is 0 Å². The number of hydrogen-bond acceptors (Lipinski definition) is 1. The second kappa shape index (κ2) is 7.37. The molecule has 0 radical (unpaired) electrons. The lowest BCUT2D eigenvalue weighted by Crippen LogP contribution is -2.29. The zero-order valence-electron chi connectivity index (χ0n) is 10.7. The van der Waals surface area contributed by atoms with Crippen molar-refractivity contribution in [1.82, 2.24) is 5.32 Å². The van der Waals surface area contributed by atoms with E-state index in [9.17, 15) is 0 Å². The molecule has 0 saturated heterocycles. The van der Waals surface area contributed by atoms with E-state index in [0.29, 0.717) is 11.1 Å². The van der Waals surface area contributed by atoms with Gasteiger partial charge in [0.15, 0.2) is 0 Å². The molecule has 1 fully saturated rings. The summed E-state index contributed by atoms with van der Waals surface area (Å²) in [5, 5.41) is 5.11. The summed E-state index contributed by atoms with van der Waals surface area (Å²) in [7, 11) is 0. The highest BCUT2D eigenvalue weighted by Crippen LogP contribution is 2.22. The first-order chi connectivity index (χ1) is 8.75. The second-order valence-corrected chi connectivity index (χ2v) is 6.00. The minimum Gasteiger partial charge on any atom is -0.310 e. The molecule has 18 heavy (non-hydrogen) atoms. The Hall–Kier alpha value is -0.240. The van der Waals surface area contributed by atoms with Crippen LogP contribution in [0.2, 0.25) is 10.0 Å². The zero-order valence-corrected chi connectivity index (χ0v) is 12.2. The minimum atomic E-state index is 0.650. The number of hydrogen-bond donors (Lipinski definition) is 1. The highest BCUT2D eigenvalue weighted by Gasteiger charge is 2.11. The molecule has 1 N–H and O–H groups in total. The van der Waals surface area contributed by atoms with Crippen molar-refractivity contribution >= 4 is 23.2 Å². The second-order valence-electron chi connectivity index (χ2n) is 5.16. The van der Waals surface area contributed by atoms with Crippen LogP contribution in [0.4, 0.5) is 0 Å². The molecule has 0 unspecified atom stereocenters. The third-order valence-electron chi connectivity index (χ3n) is 3.70. The van der Waals surface area contributed by atoms with Gasteiger partial charge in [-0.2, -0.15) is 0 Å². The van der Waals surface area contributed by atoms with Crippen LogP contribution in [-0.2, 0) is 6.54 Å². The lowest BCUT2D eigenvalue weighted by molar-refractivity contribution is 0.389. The molecular formula is C15H21Cl2N. The van der Waals surface area contributed by atoms with Crippen molar-refractivity contribution in [1.29, 1.82) is 0 Å². The zero-order chi connectivity index (χ0) is 12.8. The fraction of sp³-hybridized carbons (Fsp3) is 0.600. The van der Waals surface area contributed by atoms with Crippen LogP contribution in [0.15, 0.2) is 18.2 Å². The van der Waals surface area contributed by atoms with Crippen LogP contribution < -0.4 is 5.32 Å². The Balaban J connectivity index is 1.85. The molecule has 0 heterocycles. The number of rotatable bonds is 3. The summed E-state index contributed by atoms with van der Waals surface area (Å²) in [4.78, 5) is 0. The molecule has 0 bridgehead atoms. The summed E-state index contributed by atoms with van der Waals surface area (Å²) in [5.41, 5.74) is 1.14. The third kappa shape index (κ3) is 4.46. The molecule has 1 nitrogen and oxygen atoms in total. The molecule has 0 aromatic heterocycles. The topological polar surface area (TPSA) is 12.0 Å². The van der Waals surface area contributed by atoms with Gasteiger partial charge >= 0.3 is 0 Å². The van der Waals surface area contributed by atoms with E-state index in [1.165, 1.54) is 44.9 Å². The highest BCUT2D eigenvalue weighted by atomic mass is 35.5. The number of halogens is 2. The van der Waals surface area contributed by atoms with Gasteiger partial charge in [-0.05, 0) is 30.5 Å². The van der Waals surface area contributed by atoms with E-state index in [2.05, 4.69) is 5.32 Å². The van der Waals surface area contributed by atoms with E-state index in [1.54, 1.807) is 0 Å². The molecule has 1 saturated carbocycles. The quantitative estimate of drug-likeness (QED) is 0.805. The first-order valence-electron chi connectivity index (χ1n) is 6.93. The van der Waals surface area contributed by atoms with Gasteiger partial charge < -0.3 is 5.32 Å². The van der Waals surface area contributed by atoms with Gasteiger partial charge in [0, 0.05) is 22.6 Å². The molecule has 0 aliphatic heterocycles. The predicted octanol–water partition coefficient (Wildman–Crippen LogP) is 5.20. The molecule has 1 aliphatic carbocycles. The van der Waals surface area contributed by atoms with Crippen LogP contribution in [0.1, 0.15) is 50.5 Å². The lowest BCUT2D eigenvalue weighted by Gasteiger charge is -2.21. The average Bonchev–Trinajstić information content (AvgIpc) is 2.29. The van der Waals surface area contributed by atoms with Crippen LogP contribution >= 0.6 is 23.2 Å². The van der Waals surface area contributed by atoms with Crippen LogP contribution in [0, 0.1) is 0 Å². The molecule has 0 spiro atoms. The maximum atomic E-state index is 6.18. The van der Waals surface area contributed by atoms with E-state index >= 15 is 0 Å². The van der Waals surface area contributed by atoms with Gasteiger partial charge in [0.1, 0.15) is 0 Å². The van der Waals surface area contributed by atoms with E-state index in [0.717, 1.165) is 17.1 Å². The van der Waals surface area contributed by atoms with Crippen molar-refractivity contribution in [3.63, 3.8) is 0 Å². The van der Waals surface area contributed by atoms with Gasteiger partial charge in [-0.1, -0.05) is 61.4 Å². The molecule has 0 atom stereocenters. The van der Waals surface area contributed by atoms with Crippen molar-refractivity contribution in [3.8, 4) is 0 Å². The molecule has 1 aromatic rings. The Morgan fingerprint density at radius 1 is 1.00 bits per heavy atom. The Morgan fingerprint density at radius 2 is 1.67 bits per heavy atom. The predicted molar refractivity (Wildman–Crippen MR) is 79.4 cm³/mol. The summed E-state index contributed by atoms with van der Waals surface area (Å²) < 4.78 is 0. The van der Waals surface area contributed by atoms with Gasteiger partial charge in [-0.15, -0.1) is 0 Å². The summed E-state index contributed by atoms with van der Waals surface area (Å²) in [6.07, 6.45) is 9.49. The molecule has 3 heteroatoms. The molecule has 2 rings (SSSR count). The lowest BCUT2D eigenvalue weighted by atomic mass is 9.96. The van der Waals surface area contributed by atoms with E-state index in [-0.39, 0.29) is 0 Å². The molecular weight excluding hydrogens is 265 g/mol. The van der Waals surface area contributed by atoms with Gasteiger partial charge in [0.05, 0.1) is 0 Å². The van der Waals surface area contributed by atoms with Crippen LogP contribution in [0.5, 0.6) is 0 Å². The Bertz CT molecular complexity index is 371. The molecule has 0 amide bonds. The molecule has 1 aromatic carbocycles. The van der Waals surface area contributed by atoms with E-state index < -0.39 is 0 Å². The van der Waals surface area contributed by atoms with E-state index in [1.807, 2.05) is 18.2 Å². The molecule has 100 valence electrons. The van der Waals surface area contributed by atoms with Gasteiger partial charge in [0.2, 0.25) is 0 Å². The average molecular weight is 286 g/mol. The first kappa shape index (κ1) is 14.2. The number of benzene rings is 1. The van der Waals surface area contributed by atoms with E-state index in [4.69, 9.17) is 23.2 Å². The summed E-state index contributed by atoms with van der Waals surface area (Å²) >= 11 is 12.1. The third-order valence-corrected chi connectivity index (χ3v) is 4.29.